The summed E-state index contributed by atoms with van der Waals surface area (Å²) in [5, 5.41) is 5.69. The van der Waals surface area contributed by atoms with Gasteiger partial charge >= 0.3 is 0 Å². The fourth-order valence-electron chi connectivity index (χ4n) is 2.04. The van der Waals surface area contributed by atoms with E-state index in [0.29, 0.717) is 12.1 Å². The van der Waals surface area contributed by atoms with Crippen LogP contribution in [-0.4, -0.2) is 18.1 Å². The van der Waals surface area contributed by atoms with Crippen molar-refractivity contribution in [3.63, 3.8) is 0 Å². The Hall–Kier alpha value is -0.0300. The molecule has 0 amide bonds. The van der Waals surface area contributed by atoms with Crippen LogP contribution in [0.3, 0.4) is 0 Å². The Morgan fingerprint density at radius 1 is 1.50 bits per heavy atom. The van der Waals surface area contributed by atoms with Gasteiger partial charge < -0.3 is 0 Å². The van der Waals surface area contributed by atoms with Gasteiger partial charge in [-0.05, 0) is 50.7 Å². The molecule has 3 nitrogen and oxygen atoms in total. The molecule has 0 aromatic rings. The second kappa shape index (κ2) is 6.64. The van der Waals surface area contributed by atoms with Gasteiger partial charge in [0.25, 0.3) is 0 Å². The van der Waals surface area contributed by atoms with E-state index in [2.05, 4.69) is 54.7 Å². The van der Waals surface area contributed by atoms with Crippen molar-refractivity contribution in [3.8, 4) is 0 Å². The molecule has 0 saturated carbocycles. The highest BCUT2D eigenvalue weighted by atomic mass is 32.2. The van der Waals surface area contributed by atoms with Crippen molar-refractivity contribution in [2.75, 3.05) is 6.26 Å². The van der Waals surface area contributed by atoms with Crippen LogP contribution >= 0.6 is 11.8 Å². The standard InChI is InChI=1S/C12H25N3S/c1-10(7-9-16-4)6-5-8-12(3)13-11(2)14-15-12/h7,9-11,13-15H,5-6,8H2,1-4H3/b9-7-/t10?,11-,12?/m0/s1. The molecule has 0 aromatic heterocycles. The second-order valence-electron chi connectivity index (χ2n) is 4.90. The van der Waals surface area contributed by atoms with E-state index in [-0.39, 0.29) is 5.66 Å². The topological polar surface area (TPSA) is 36.1 Å². The Balaban J connectivity index is 2.17. The zero-order valence-corrected chi connectivity index (χ0v) is 11.7. The van der Waals surface area contributed by atoms with Crippen molar-refractivity contribution >= 4 is 11.8 Å². The van der Waals surface area contributed by atoms with E-state index in [1.54, 1.807) is 11.8 Å². The molecular formula is C12H25N3S. The van der Waals surface area contributed by atoms with Crippen molar-refractivity contribution in [2.45, 2.75) is 51.9 Å². The zero-order valence-electron chi connectivity index (χ0n) is 10.8. The molecule has 0 bridgehead atoms. The smallest absolute Gasteiger partial charge is 0.0801 e. The van der Waals surface area contributed by atoms with Gasteiger partial charge in [-0.1, -0.05) is 13.0 Å². The largest absolute Gasteiger partial charge is 0.282 e. The van der Waals surface area contributed by atoms with Crippen molar-refractivity contribution in [2.24, 2.45) is 5.92 Å². The molecular weight excluding hydrogens is 218 g/mol. The Kier molecular flexibility index (Phi) is 5.83. The Bertz CT molecular complexity index is 232. The SMILES string of the molecule is CS/C=C\C(C)CCCC1(C)NN[C@@H](C)N1. The van der Waals surface area contributed by atoms with Gasteiger partial charge in [0.2, 0.25) is 0 Å². The van der Waals surface area contributed by atoms with Crippen molar-refractivity contribution in [3.05, 3.63) is 11.5 Å². The van der Waals surface area contributed by atoms with Crippen molar-refractivity contribution < 1.29 is 0 Å². The van der Waals surface area contributed by atoms with Gasteiger partial charge in [-0.25, -0.2) is 10.9 Å². The van der Waals surface area contributed by atoms with Crippen LogP contribution in [0.2, 0.25) is 0 Å². The predicted octanol–water partition coefficient (Wildman–Crippen LogP) is 2.43. The predicted molar refractivity (Wildman–Crippen MR) is 72.9 cm³/mol. The van der Waals surface area contributed by atoms with Crippen LogP contribution in [-0.2, 0) is 0 Å². The number of thioether (sulfide) groups is 1. The van der Waals surface area contributed by atoms with E-state index < -0.39 is 0 Å². The first-order valence-electron chi connectivity index (χ1n) is 6.05. The number of nitrogens with one attached hydrogen (secondary N) is 3. The summed E-state index contributed by atoms with van der Waals surface area (Å²) in [5.41, 5.74) is 6.58. The molecule has 1 rings (SSSR count). The highest BCUT2D eigenvalue weighted by Crippen LogP contribution is 2.17. The van der Waals surface area contributed by atoms with Crippen LogP contribution in [0.5, 0.6) is 0 Å². The highest BCUT2D eigenvalue weighted by Gasteiger charge is 2.30. The zero-order chi connectivity index (χ0) is 12.0. The first-order valence-corrected chi connectivity index (χ1v) is 7.34. The lowest BCUT2D eigenvalue weighted by Crippen LogP contribution is -2.47. The van der Waals surface area contributed by atoms with Crippen LogP contribution in [0.4, 0.5) is 0 Å². The fourth-order valence-corrected chi connectivity index (χ4v) is 2.46. The Morgan fingerprint density at radius 3 is 2.81 bits per heavy atom. The number of hydrogen-bond acceptors (Lipinski definition) is 4. The molecule has 0 radical (unpaired) electrons. The molecule has 1 heterocycles. The summed E-state index contributed by atoms with van der Waals surface area (Å²) in [7, 11) is 0. The molecule has 3 atom stereocenters. The first kappa shape index (κ1) is 14.0. The number of hydrazine groups is 1. The average Bonchev–Trinajstić information content (AvgIpc) is 2.56. The molecule has 2 unspecified atom stereocenters. The van der Waals surface area contributed by atoms with Crippen LogP contribution in [0.25, 0.3) is 0 Å². The summed E-state index contributed by atoms with van der Waals surface area (Å²) < 4.78 is 0. The Morgan fingerprint density at radius 2 is 2.25 bits per heavy atom. The van der Waals surface area contributed by atoms with Gasteiger partial charge in [0.15, 0.2) is 0 Å². The summed E-state index contributed by atoms with van der Waals surface area (Å²) in [6, 6.07) is 0. The molecule has 1 aliphatic rings. The van der Waals surface area contributed by atoms with Gasteiger partial charge in [0.05, 0.1) is 11.8 Å². The van der Waals surface area contributed by atoms with E-state index in [0.717, 1.165) is 6.42 Å². The summed E-state index contributed by atoms with van der Waals surface area (Å²) in [4.78, 5) is 0. The maximum atomic E-state index is 3.50. The van der Waals surface area contributed by atoms with Gasteiger partial charge in [0.1, 0.15) is 0 Å². The van der Waals surface area contributed by atoms with E-state index in [1.165, 1.54) is 12.8 Å². The number of rotatable bonds is 6. The van der Waals surface area contributed by atoms with Gasteiger partial charge in [-0.2, -0.15) is 0 Å². The minimum Gasteiger partial charge on any atom is -0.282 e. The summed E-state index contributed by atoms with van der Waals surface area (Å²) >= 11 is 1.77. The summed E-state index contributed by atoms with van der Waals surface area (Å²) in [5.74, 6) is 0.683. The number of hydrogen-bond donors (Lipinski definition) is 3. The van der Waals surface area contributed by atoms with Crippen molar-refractivity contribution in [1.82, 2.24) is 16.2 Å². The minimum atomic E-state index is 0.0579. The molecule has 1 saturated heterocycles. The molecule has 0 aliphatic carbocycles. The van der Waals surface area contributed by atoms with Gasteiger partial charge in [0, 0.05) is 0 Å². The van der Waals surface area contributed by atoms with Crippen LogP contribution < -0.4 is 16.2 Å². The van der Waals surface area contributed by atoms with Crippen LogP contribution in [0.1, 0.15) is 40.0 Å². The molecule has 4 heteroatoms. The third-order valence-corrected chi connectivity index (χ3v) is 3.41. The molecule has 94 valence electrons. The maximum absolute atomic E-state index is 3.50. The monoisotopic (exact) mass is 243 g/mol. The van der Waals surface area contributed by atoms with Crippen LogP contribution in [0, 0.1) is 5.92 Å². The molecule has 16 heavy (non-hydrogen) atoms. The molecule has 1 fully saturated rings. The lowest BCUT2D eigenvalue weighted by molar-refractivity contribution is 0.309. The van der Waals surface area contributed by atoms with Crippen LogP contribution in [0.15, 0.2) is 11.5 Å². The minimum absolute atomic E-state index is 0.0579. The fraction of sp³-hybridized carbons (Fsp3) is 0.833. The third-order valence-electron chi connectivity index (χ3n) is 2.98. The van der Waals surface area contributed by atoms with E-state index in [1.807, 2.05) is 0 Å². The van der Waals surface area contributed by atoms with Gasteiger partial charge in [-0.3, -0.25) is 5.32 Å². The van der Waals surface area contributed by atoms with E-state index in [4.69, 9.17) is 0 Å². The molecule has 3 N–H and O–H groups in total. The number of allylic oxidation sites excluding steroid dienone is 1. The quantitative estimate of drug-likeness (QED) is 0.670. The Labute approximate surface area is 104 Å². The summed E-state index contributed by atoms with van der Waals surface area (Å²) in [6.45, 7) is 6.62. The maximum Gasteiger partial charge on any atom is 0.0801 e. The second-order valence-corrected chi connectivity index (χ2v) is 5.64. The normalized spacial score (nSPS) is 32.4. The molecule has 0 spiro atoms. The van der Waals surface area contributed by atoms with Crippen molar-refractivity contribution in [1.29, 1.82) is 0 Å². The lowest BCUT2D eigenvalue weighted by atomic mass is 9.99. The average molecular weight is 243 g/mol. The summed E-state index contributed by atoms with van der Waals surface area (Å²) in [6.07, 6.45) is 8.41. The molecule has 0 aromatic carbocycles. The van der Waals surface area contributed by atoms with Gasteiger partial charge in [-0.15, -0.1) is 11.8 Å². The lowest BCUT2D eigenvalue weighted by Gasteiger charge is -2.24. The van der Waals surface area contributed by atoms with E-state index in [9.17, 15) is 0 Å². The van der Waals surface area contributed by atoms with E-state index >= 15 is 0 Å². The first-order chi connectivity index (χ1) is 7.56. The highest BCUT2D eigenvalue weighted by molar-refractivity contribution is 8.01. The third kappa shape index (κ3) is 4.87. The molecule has 1 aliphatic heterocycles.